The molecular weight excluding hydrogens is 326 g/mol. The van der Waals surface area contributed by atoms with Gasteiger partial charge in [0.1, 0.15) is 0 Å². The molecule has 0 aromatic heterocycles. The van der Waals surface area contributed by atoms with Gasteiger partial charge in [-0.15, -0.1) is 6.58 Å². The number of ether oxygens (including phenoxy) is 2. The fraction of sp³-hybridized carbons (Fsp3) is 0.211. The summed E-state index contributed by atoms with van der Waals surface area (Å²) in [6.45, 7) is 5.48. The molecule has 4 nitrogen and oxygen atoms in total. The van der Waals surface area contributed by atoms with Crippen LogP contribution >= 0.6 is 11.6 Å². The maximum atomic E-state index is 12.1. The summed E-state index contributed by atoms with van der Waals surface area (Å²) in [6, 6.07) is 10.9. The Bertz CT molecular complexity index is 743. The molecule has 2 aromatic rings. The number of hydrogen-bond donors (Lipinski definition) is 1. The van der Waals surface area contributed by atoms with Crippen LogP contribution in [0.3, 0.4) is 0 Å². The van der Waals surface area contributed by atoms with Crippen LogP contribution in [-0.4, -0.2) is 19.6 Å². The lowest BCUT2D eigenvalue weighted by molar-refractivity contribution is -0.118. The lowest BCUT2D eigenvalue weighted by Crippen LogP contribution is -2.20. The van der Waals surface area contributed by atoms with Crippen molar-refractivity contribution in [1.29, 1.82) is 0 Å². The van der Waals surface area contributed by atoms with Crippen molar-refractivity contribution in [2.75, 3.05) is 19.0 Å². The minimum atomic E-state index is -0.252. The predicted octanol–water partition coefficient (Wildman–Crippen LogP) is 4.40. The second-order valence-corrected chi connectivity index (χ2v) is 5.71. The third kappa shape index (κ3) is 4.77. The molecule has 0 saturated heterocycles. The first-order valence-corrected chi connectivity index (χ1v) is 7.88. The van der Waals surface area contributed by atoms with E-state index in [0.717, 1.165) is 17.5 Å². The lowest BCUT2D eigenvalue weighted by atomic mass is 10.1. The minimum Gasteiger partial charge on any atom is -0.493 e. The summed E-state index contributed by atoms with van der Waals surface area (Å²) >= 11 is 5.91. The molecule has 0 bridgehead atoms. The summed E-state index contributed by atoms with van der Waals surface area (Å²) in [6.07, 6.45) is 2.56. The third-order valence-corrected chi connectivity index (χ3v) is 3.66. The molecule has 0 radical (unpaired) electrons. The molecular formula is C19H20ClNO3. The summed E-state index contributed by atoms with van der Waals surface area (Å²) in [5.74, 6) is 0.857. The Hall–Kier alpha value is -2.46. The summed E-state index contributed by atoms with van der Waals surface area (Å²) in [5, 5.41) is 3.43. The molecule has 0 fully saturated rings. The van der Waals surface area contributed by atoms with Gasteiger partial charge in [-0.1, -0.05) is 23.7 Å². The van der Waals surface area contributed by atoms with E-state index in [1.54, 1.807) is 31.4 Å². The molecule has 0 unspecified atom stereocenters. The van der Waals surface area contributed by atoms with Crippen molar-refractivity contribution in [3.63, 3.8) is 0 Å². The topological polar surface area (TPSA) is 47.6 Å². The maximum Gasteiger partial charge on any atom is 0.262 e. The molecule has 2 aromatic carbocycles. The number of methoxy groups -OCH3 is 1. The molecule has 24 heavy (non-hydrogen) atoms. The highest BCUT2D eigenvalue weighted by Gasteiger charge is 2.10. The van der Waals surface area contributed by atoms with Gasteiger partial charge in [-0.2, -0.15) is 0 Å². The first-order valence-electron chi connectivity index (χ1n) is 7.50. The predicted molar refractivity (Wildman–Crippen MR) is 97.2 cm³/mol. The number of aryl methyl sites for hydroxylation is 1. The van der Waals surface area contributed by atoms with Crippen molar-refractivity contribution in [2.24, 2.45) is 0 Å². The molecule has 5 heteroatoms. The van der Waals surface area contributed by atoms with Gasteiger partial charge in [0.2, 0.25) is 0 Å². The number of halogens is 1. The lowest BCUT2D eigenvalue weighted by Gasteiger charge is -2.13. The number of benzene rings is 2. The van der Waals surface area contributed by atoms with Crippen LogP contribution in [0.4, 0.5) is 5.69 Å². The molecule has 1 N–H and O–H groups in total. The van der Waals surface area contributed by atoms with Crippen LogP contribution in [0.15, 0.2) is 49.1 Å². The van der Waals surface area contributed by atoms with Crippen molar-refractivity contribution >= 4 is 23.2 Å². The molecule has 0 saturated carbocycles. The number of anilines is 1. The Balaban J connectivity index is 1.99. The van der Waals surface area contributed by atoms with Gasteiger partial charge in [-0.25, -0.2) is 0 Å². The van der Waals surface area contributed by atoms with Crippen LogP contribution in [0, 0.1) is 6.92 Å². The highest BCUT2D eigenvalue weighted by molar-refractivity contribution is 6.30. The number of nitrogens with one attached hydrogen (secondary N) is 1. The normalized spacial score (nSPS) is 10.1. The van der Waals surface area contributed by atoms with Gasteiger partial charge in [-0.3, -0.25) is 4.79 Å². The zero-order chi connectivity index (χ0) is 17.5. The van der Waals surface area contributed by atoms with Crippen molar-refractivity contribution in [3.05, 3.63) is 65.2 Å². The number of allylic oxidation sites excluding steroid dienone is 1. The van der Waals surface area contributed by atoms with E-state index in [1.807, 2.05) is 25.1 Å². The molecule has 0 aliphatic carbocycles. The second-order valence-electron chi connectivity index (χ2n) is 5.27. The Kier molecular flexibility index (Phi) is 6.27. The van der Waals surface area contributed by atoms with Gasteiger partial charge in [-0.05, 0) is 54.8 Å². The van der Waals surface area contributed by atoms with Crippen LogP contribution in [-0.2, 0) is 11.2 Å². The van der Waals surface area contributed by atoms with Gasteiger partial charge in [0.05, 0.1) is 7.11 Å². The second kappa shape index (κ2) is 8.41. The Labute approximate surface area is 147 Å². The maximum absolute atomic E-state index is 12.1. The van der Waals surface area contributed by atoms with Gasteiger partial charge >= 0.3 is 0 Å². The Morgan fingerprint density at radius 2 is 2.04 bits per heavy atom. The van der Waals surface area contributed by atoms with E-state index >= 15 is 0 Å². The third-order valence-electron chi connectivity index (χ3n) is 3.43. The summed E-state index contributed by atoms with van der Waals surface area (Å²) in [7, 11) is 1.57. The van der Waals surface area contributed by atoms with Crippen LogP contribution in [0.1, 0.15) is 11.1 Å². The standard InChI is InChI=1S/C19H20ClNO3/c1-4-5-14-6-9-17(18(11-14)23-3)24-12-19(22)21-16-8-7-15(20)10-13(16)2/h4,6-11H,1,5,12H2,2-3H3,(H,21,22). The fourth-order valence-electron chi connectivity index (χ4n) is 2.22. The van der Waals surface area contributed by atoms with Crippen molar-refractivity contribution < 1.29 is 14.3 Å². The van der Waals surface area contributed by atoms with Crippen molar-refractivity contribution in [2.45, 2.75) is 13.3 Å². The van der Waals surface area contributed by atoms with Crippen molar-refractivity contribution in [3.8, 4) is 11.5 Å². The Morgan fingerprint density at radius 1 is 1.25 bits per heavy atom. The number of carbonyl (C=O) groups excluding carboxylic acids is 1. The highest BCUT2D eigenvalue weighted by Crippen LogP contribution is 2.28. The van der Waals surface area contributed by atoms with E-state index in [1.165, 1.54) is 0 Å². The van der Waals surface area contributed by atoms with E-state index in [2.05, 4.69) is 11.9 Å². The van der Waals surface area contributed by atoms with Crippen LogP contribution in [0.5, 0.6) is 11.5 Å². The van der Waals surface area contributed by atoms with Gasteiger partial charge in [0.15, 0.2) is 18.1 Å². The quantitative estimate of drug-likeness (QED) is 0.756. The molecule has 0 atom stereocenters. The van der Waals surface area contributed by atoms with Crippen molar-refractivity contribution in [1.82, 2.24) is 0 Å². The van der Waals surface area contributed by atoms with E-state index < -0.39 is 0 Å². The average Bonchev–Trinajstić information content (AvgIpc) is 2.56. The first kappa shape index (κ1) is 17.9. The van der Waals surface area contributed by atoms with Gasteiger partial charge in [0, 0.05) is 10.7 Å². The molecule has 126 valence electrons. The van der Waals surface area contributed by atoms with Crippen LogP contribution in [0.2, 0.25) is 5.02 Å². The van der Waals surface area contributed by atoms with Crippen LogP contribution in [0.25, 0.3) is 0 Å². The zero-order valence-corrected chi connectivity index (χ0v) is 14.5. The Morgan fingerprint density at radius 3 is 2.71 bits per heavy atom. The zero-order valence-electron chi connectivity index (χ0n) is 13.8. The fourth-order valence-corrected chi connectivity index (χ4v) is 2.45. The molecule has 0 aliphatic heterocycles. The van der Waals surface area contributed by atoms with E-state index in [-0.39, 0.29) is 12.5 Å². The van der Waals surface area contributed by atoms with Crippen LogP contribution < -0.4 is 14.8 Å². The van der Waals surface area contributed by atoms with Gasteiger partial charge in [0.25, 0.3) is 5.91 Å². The molecule has 0 aliphatic rings. The van der Waals surface area contributed by atoms with E-state index in [9.17, 15) is 4.79 Å². The SMILES string of the molecule is C=CCc1ccc(OCC(=O)Nc2ccc(Cl)cc2C)c(OC)c1. The molecule has 0 spiro atoms. The molecule has 0 heterocycles. The summed E-state index contributed by atoms with van der Waals surface area (Å²) < 4.78 is 10.9. The summed E-state index contributed by atoms with van der Waals surface area (Å²) in [4.78, 5) is 12.1. The summed E-state index contributed by atoms with van der Waals surface area (Å²) in [5.41, 5.74) is 2.67. The average molecular weight is 346 g/mol. The van der Waals surface area contributed by atoms with E-state index in [4.69, 9.17) is 21.1 Å². The number of rotatable bonds is 7. The number of carbonyl (C=O) groups is 1. The molecule has 2 rings (SSSR count). The van der Waals surface area contributed by atoms with Gasteiger partial charge < -0.3 is 14.8 Å². The smallest absolute Gasteiger partial charge is 0.262 e. The number of amides is 1. The minimum absolute atomic E-state index is 0.112. The molecule has 1 amide bonds. The first-order chi connectivity index (χ1) is 11.5. The van der Waals surface area contributed by atoms with E-state index in [0.29, 0.717) is 22.2 Å². The number of hydrogen-bond acceptors (Lipinski definition) is 3. The highest BCUT2D eigenvalue weighted by atomic mass is 35.5. The monoisotopic (exact) mass is 345 g/mol. The largest absolute Gasteiger partial charge is 0.493 e.